The normalized spacial score (nSPS) is 11.2. The summed E-state index contributed by atoms with van der Waals surface area (Å²) in [6.07, 6.45) is 1.70. The van der Waals surface area contributed by atoms with Crippen LogP contribution in [-0.2, 0) is 6.54 Å². The van der Waals surface area contributed by atoms with Gasteiger partial charge < -0.3 is 11.1 Å². The van der Waals surface area contributed by atoms with E-state index in [0.29, 0.717) is 18.3 Å². The minimum Gasteiger partial charge on any atom is -0.370 e. The summed E-state index contributed by atoms with van der Waals surface area (Å²) in [6, 6.07) is 15.5. The van der Waals surface area contributed by atoms with Crippen LogP contribution in [0.3, 0.4) is 0 Å². The SMILES string of the molecule is NC(=NCc1ccccc1)Nc1ccccn1. The molecule has 0 fully saturated rings. The molecule has 0 unspecified atom stereocenters. The Bertz CT molecular complexity index is 479. The average molecular weight is 226 g/mol. The number of aromatic nitrogens is 1. The Morgan fingerprint density at radius 2 is 1.88 bits per heavy atom. The highest BCUT2D eigenvalue weighted by molar-refractivity contribution is 5.91. The van der Waals surface area contributed by atoms with Gasteiger partial charge in [-0.05, 0) is 17.7 Å². The van der Waals surface area contributed by atoms with E-state index in [1.165, 1.54) is 0 Å². The van der Waals surface area contributed by atoms with E-state index in [2.05, 4.69) is 15.3 Å². The van der Waals surface area contributed by atoms with Crippen LogP contribution in [0.15, 0.2) is 59.7 Å². The number of aliphatic imine (C=N–C) groups is 1. The van der Waals surface area contributed by atoms with Gasteiger partial charge in [-0.2, -0.15) is 0 Å². The molecule has 1 heterocycles. The van der Waals surface area contributed by atoms with Crippen molar-refractivity contribution >= 4 is 11.8 Å². The van der Waals surface area contributed by atoms with Gasteiger partial charge in [0.1, 0.15) is 5.82 Å². The second-order valence-electron chi connectivity index (χ2n) is 3.53. The van der Waals surface area contributed by atoms with Crippen LogP contribution in [0.1, 0.15) is 5.56 Å². The molecule has 4 nitrogen and oxygen atoms in total. The molecule has 1 aromatic carbocycles. The van der Waals surface area contributed by atoms with Crippen LogP contribution in [-0.4, -0.2) is 10.9 Å². The molecule has 0 atom stereocenters. The summed E-state index contributed by atoms with van der Waals surface area (Å²) in [4.78, 5) is 8.33. The zero-order chi connectivity index (χ0) is 11.9. The van der Waals surface area contributed by atoms with E-state index in [0.717, 1.165) is 5.56 Å². The van der Waals surface area contributed by atoms with E-state index >= 15 is 0 Å². The lowest BCUT2D eigenvalue weighted by molar-refractivity contribution is 1.06. The van der Waals surface area contributed by atoms with Crippen LogP contribution in [0, 0.1) is 0 Å². The zero-order valence-corrected chi connectivity index (χ0v) is 9.38. The van der Waals surface area contributed by atoms with E-state index in [1.807, 2.05) is 48.5 Å². The van der Waals surface area contributed by atoms with Crippen LogP contribution in [0.4, 0.5) is 5.82 Å². The number of hydrogen-bond donors (Lipinski definition) is 2. The lowest BCUT2D eigenvalue weighted by Crippen LogP contribution is -2.23. The average Bonchev–Trinajstić information content (AvgIpc) is 2.39. The summed E-state index contributed by atoms with van der Waals surface area (Å²) in [5.74, 6) is 1.06. The summed E-state index contributed by atoms with van der Waals surface area (Å²) in [5, 5.41) is 2.93. The molecule has 1 aromatic heterocycles. The number of pyridine rings is 1. The number of nitrogens with one attached hydrogen (secondary N) is 1. The van der Waals surface area contributed by atoms with Gasteiger partial charge in [0.25, 0.3) is 0 Å². The van der Waals surface area contributed by atoms with Crippen molar-refractivity contribution in [3.8, 4) is 0 Å². The van der Waals surface area contributed by atoms with E-state index in [4.69, 9.17) is 5.73 Å². The Morgan fingerprint density at radius 1 is 1.12 bits per heavy atom. The minimum absolute atomic E-state index is 0.368. The van der Waals surface area contributed by atoms with Crippen molar-refractivity contribution in [1.82, 2.24) is 4.98 Å². The number of benzene rings is 1. The van der Waals surface area contributed by atoms with Gasteiger partial charge in [0.15, 0.2) is 5.96 Å². The molecular formula is C13H14N4. The van der Waals surface area contributed by atoms with E-state index in [9.17, 15) is 0 Å². The maximum atomic E-state index is 5.75. The number of guanidine groups is 1. The first-order valence-electron chi connectivity index (χ1n) is 5.36. The van der Waals surface area contributed by atoms with Crippen molar-refractivity contribution in [2.75, 3.05) is 5.32 Å². The highest BCUT2D eigenvalue weighted by Gasteiger charge is 1.94. The largest absolute Gasteiger partial charge is 0.370 e. The Balaban J connectivity index is 1.94. The second kappa shape index (κ2) is 5.65. The summed E-state index contributed by atoms with van der Waals surface area (Å²) in [6.45, 7) is 0.562. The van der Waals surface area contributed by atoms with Crippen molar-refractivity contribution in [3.05, 3.63) is 60.3 Å². The lowest BCUT2D eigenvalue weighted by Gasteiger charge is -2.03. The monoisotopic (exact) mass is 226 g/mol. The van der Waals surface area contributed by atoms with Crippen molar-refractivity contribution < 1.29 is 0 Å². The van der Waals surface area contributed by atoms with Gasteiger partial charge in [-0.25, -0.2) is 9.98 Å². The van der Waals surface area contributed by atoms with Crippen LogP contribution in [0.25, 0.3) is 0 Å². The smallest absolute Gasteiger partial charge is 0.194 e. The van der Waals surface area contributed by atoms with Crippen molar-refractivity contribution in [2.45, 2.75) is 6.54 Å². The fraction of sp³-hybridized carbons (Fsp3) is 0.0769. The van der Waals surface area contributed by atoms with Gasteiger partial charge in [-0.1, -0.05) is 36.4 Å². The predicted molar refractivity (Wildman–Crippen MR) is 69.6 cm³/mol. The fourth-order valence-electron chi connectivity index (χ4n) is 1.37. The standard InChI is InChI=1S/C13H14N4/c14-13(17-12-8-4-5-9-15-12)16-10-11-6-2-1-3-7-11/h1-9H,10H2,(H3,14,15,16,17). The Morgan fingerprint density at radius 3 is 2.59 bits per heavy atom. The quantitative estimate of drug-likeness (QED) is 0.621. The summed E-state index contributed by atoms with van der Waals surface area (Å²) >= 11 is 0. The highest BCUT2D eigenvalue weighted by atomic mass is 15.1. The van der Waals surface area contributed by atoms with Crippen molar-refractivity contribution in [1.29, 1.82) is 0 Å². The van der Waals surface area contributed by atoms with Crippen molar-refractivity contribution in [2.24, 2.45) is 10.7 Å². The van der Waals surface area contributed by atoms with E-state index in [-0.39, 0.29) is 0 Å². The summed E-state index contributed by atoms with van der Waals surface area (Å²) < 4.78 is 0. The highest BCUT2D eigenvalue weighted by Crippen LogP contribution is 2.01. The third-order valence-electron chi connectivity index (χ3n) is 2.20. The molecule has 0 amide bonds. The van der Waals surface area contributed by atoms with Gasteiger partial charge in [0, 0.05) is 6.20 Å². The molecule has 0 spiro atoms. The van der Waals surface area contributed by atoms with Gasteiger partial charge in [0.2, 0.25) is 0 Å². The molecule has 4 heteroatoms. The molecule has 0 aliphatic heterocycles. The topological polar surface area (TPSA) is 63.3 Å². The first kappa shape index (κ1) is 11.1. The number of rotatable bonds is 3. The Labute approximate surface area is 100 Å². The zero-order valence-electron chi connectivity index (χ0n) is 9.38. The number of anilines is 1. The van der Waals surface area contributed by atoms with Crippen LogP contribution in [0.2, 0.25) is 0 Å². The van der Waals surface area contributed by atoms with E-state index in [1.54, 1.807) is 6.20 Å². The van der Waals surface area contributed by atoms with Gasteiger partial charge in [-0.15, -0.1) is 0 Å². The second-order valence-corrected chi connectivity index (χ2v) is 3.53. The van der Waals surface area contributed by atoms with E-state index < -0.39 is 0 Å². The Hall–Kier alpha value is -2.36. The molecule has 17 heavy (non-hydrogen) atoms. The number of nitrogens with zero attached hydrogens (tertiary/aromatic N) is 2. The summed E-state index contributed by atoms with van der Waals surface area (Å²) in [7, 11) is 0. The van der Waals surface area contributed by atoms with Crippen LogP contribution >= 0.6 is 0 Å². The van der Waals surface area contributed by atoms with Crippen LogP contribution < -0.4 is 11.1 Å². The third kappa shape index (κ3) is 3.61. The maximum Gasteiger partial charge on any atom is 0.194 e. The third-order valence-corrected chi connectivity index (χ3v) is 2.20. The number of nitrogens with two attached hydrogens (primary N) is 1. The fourth-order valence-corrected chi connectivity index (χ4v) is 1.37. The molecule has 2 aromatic rings. The first-order chi connectivity index (χ1) is 8.34. The molecule has 0 aliphatic rings. The first-order valence-corrected chi connectivity index (χ1v) is 5.36. The molecule has 0 saturated heterocycles. The Kier molecular flexibility index (Phi) is 3.70. The molecule has 0 bridgehead atoms. The van der Waals surface area contributed by atoms with Crippen LogP contribution in [0.5, 0.6) is 0 Å². The molecule has 3 N–H and O–H groups in total. The molecule has 0 radical (unpaired) electrons. The van der Waals surface area contributed by atoms with Gasteiger partial charge >= 0.3 is 0 Å². The molecule has 0 saturated carbocycles. The summed E-state index contributed by atoms with van der Waals surface area (Å²) in [5.41, 5.74) is 6.88. The number of hydrogen-bond acceptors (Lipinski definition) is 2. The van der Waals surface area contributed by atoms with Gasteiger partial charge in [-0.3, -0.25) is 0 Å². The molecular weight excluding hydrogens is 212 g/mol. The predicted octanol–water partition coefficient (Wildman–Crippen LogP) is 2.01. The molecule has 0 aliphatic carbocycles. The lowest BCUT2D eigenvalue weighted by atomic mass is 10.2. The van der Waals surface area contributed by atoms with Gasteiger partial charge in [0.05, 0.1) is 6.54 Å². The molecule has 86 valence electrons. The van der Waals surface area contributed by atoms with Crippen molar-refractivity contribution in [3.63, 3.8) is 0 Å². The maximum absolute atomic E-state index is 5.75. The minimum atomic E-state index is 0.368. The molecule has 2 rings (SSSR count).